The lowest BCUT2D eigenvalue weighted by Gasteiger charge is -2.16. The summed E-state index contributed by atoms with van der Waals surface area (Å²) in [5.41, 5.74) is 0.932. The fraction of sp³-hybridized carbons (Fsp3) is 0.429. The van der Waals surface area contributed by atoms with E-state index in [2.05, 4.69) is 21.2 Å². The third kappa shape index (κ3) is 3.87. The quantitative estimate of drug-likeness (QED) is 0.754. The van der Waals surface area contributed by atoms with Crippen LogP contribution in [0.4, 0.5) is 0 Å². The Balaban J connectivity index is 2.01. The normalized spacial score (nSPS) is 15.3. The molecule has 1 aromatic carbocycles. The van der Waals surface area contributed by atoms with Gasteiger partial charge >= 0.3 is 5.97 Å². The van der Waals surface area contributed by atoms with E-state index in [0.29, 0.717) is 23.2 Å². The number of benzene rings is 1. The zero-order chi connectivity index (χ0) is 15.4. The number of carboxylic acid groups (broad SMARTS) is 1. The minimum atomic E-state index is -1.06. The number of ether oxygens (including phenoxy) is 2. The topological polar surface area (TPSA) is 84.9 Å². The lowest BCUT2D eigenvalue weighted by atomic mass is 9.99. The second-order valence-corrected chi connectivity index (χ2v) is 5.46. The molecule has 0 saturated heterocycles. The van der Waals surface area contributed by atoms with E-state index < -0.39 is 12.0 Å². The Bertz CT molecular complexity index is 548. The van der Waals surface area contributed by atoms with Crippen LogP contribution in [0.3, 0.4) is 0 Å². The lowest BCUT2D eigenvalue weighted by Crippen LogP contribution is -2.42. The zero-order valence-corrected chi connectivity index (χ0v) is 13.1. The predicted octanol–water partition coefficient (Wildman–Crippen LogP) is 1.56. The molecule has 1 aliphatic rings. The van der Waals surface area contributed by atoms with Gasteiger partial charge in [-0.3, -0.25) is 9.59 Å². The first-order chi connectivity index (χ1) is 10.0. The number of carboxylic acids is 1. The molecule has 1 amide bonds. The maximum absolute atomic E-state index is 12.1. The molecule has 0 fully saturated rings. The van der Waals surface area contributed by atoms with Crippen LogP contribution in [0.25, 0.3) is 0 Å². The van der Waals surface area contributed by atoms with Crippen LogP contribution in [0.1, 0.15) is 12.5 Å². The van der Waals surface area contributed by atoms with Gasteiger partial charge in [0.25, 0.3) is 0 Å². The maximum atomic E-state index is 12.1. The molecule has 2 atom stereocenters. The van der Waals surface area contributed by atoms with Crippen LogP contribution in [-0.2, 0) is 16.0 Å². The first kappa shape index (κ1) is 15.6. The van der Waals surface area contributed by atoms with Crippen molar-refractivity contribution in [3.05, 3.63) is 23.8 Å². The number of alkyl halides is 1. The van der Waals surface area contributed by atoms with Crippen LogP contribution in [0.2, 0.25) is 0 Å². The molecule has 0 aliphatic carbocycles. The van der Waals surface area contributed by atoms with E-state index in [-0.39, 0.29) is 18.6 Å². The Labute approximate surface area is 130 Å². The van der Waals surface area contributed by atoms with Gasteiger partial charge in [0.15, 0.2) is 11.5 Å². The van der Waals surface area contributed by atoms with Gasteiger partial charge < -0.3 is 19.9 Å². The summed E-state index contributed by atoms with van der Waals surface area (Å²) in [6.45, 7) is 1.64. The third-order valence-electron chi connectivity index (χ3n) is 3.21. The minimum Gasteiger partial charge on any atom is -0.480 e. The number of rotatable bonds is 6. The molecule has 1 aliphatic heterocycles. The highest BCUT2D eigenvalue weighted by molar-refractivity contribution is 9.09. The monoisotopic (exact) mass is 357 g/mol. The highest BCUT2D eigenvalue weighted by Crippen LogP contribution is 2.33. The standard InChI is InChI=1S/C14H16BrNO5/c1-8(14(18)19)16-13(17)10(6-15)4-9-2-3-11-12(5-9)21-7-20-11/h2-3,5,8,10H,4,6-7H2,1H3,(H,16,17)(H,18,19)/t8?,10-/m0/s1. The summed E-state index contributed by atoms with van der Waals surface area (Å²) in [6.07, 6.45) is 0.486. The summed E-state index contributed by atoms with van der Waals surface area (Å²) in [5, 5.41) is 11.7. The van der Waals surface area contributed by atoms with Crippen molar-refractivity contribution in [2.24, 2.45) is 5.92 Å². The lowest BCUT2D eigenvalue weighted by molar-refractivity contribution is -0.141. The second kappa shape index (κ2) is 6.80. The Kier molecular flexibility index (Phi) is 5.06. The van der Waals surface area contributed by atoms with E-state index in [1.165, 1.54) is 6.92 Å². The second-order valence-electron chi connectivity index (χ2n) is 4.81. The molecule has 7 heteroatoms. The van der Waals surface area contributed by atoms with Crippen LogP contribution in [0, 0.1) is 5.92 Å². The first-order valence-electron chi connectivity index (χ1n) is 6.49. The summed E-state index contributed by atoms with van der Waals surface area (Å²) in [7, 11) is 0. The van der Waals surface area contributed by atoms with E-state index in [9.17, 15) is 9.59 Å². The van der Waals surface area contributed by atoms with Gasteiger partial charge in [0, 0.05) is 5.33 Å². The molecule has 6 nitrogen and oxygen atoms in total. The van der Waals surface area contributed by atoms with Crippen molar-refractivity contribution in [3.63, 3.8) is 0 Å². The molecule has 1 aromatic rings. The summed E-state index contributed by atoms with van der Waals surface area (Å²) in [4.78, 5) is 22.8. The van der Waals surface area contributed by atoms with Crippen molar-refractivity contribution in [1.82, 2.24) is 5.32 Å². The number of hydrogen-bond donors (Lipinski definition) is 2. The van der Waals surface area contributed by atoms with Crippen molar-refractivity contribution in [2.75, 3.05) is 12.1 Å². The SMILES string of the molecule is CC(NC(=O)[C@H](CBr)Cc1ccc2c(c1)OCO2)C(=O)O. The van der Waals surface area contributed by atoms with E-state index in [1.54, 1.807) is 6.07 Å². The van der Waals surface area contributed by atoms with Gasteiger partial charge in [0.05, 0.1) is 5.92 Å². The van der Waals surface area contributed by atoms with Gasteiger partial charge in [-0.05, 0) is 31.0 Å². The van der Waals surface area contributed by atoms with Gasteiger partial charge in [0.1, 0.15) is 6.04 Å². The van der Waals surface area contributed by atoms with Gasteiger partial charge in [0.2, 0.25) is 12.7 Å². The molecule has 0 bridgehead atoms. The van der Waals surface area contributed by atoms with E-state index >= 15 is 0 Å². The Morgan fingerprint density at radius 3 is 2.76 bits per heavy atom. The first-order valence-corrected chi connectivity index (χ1v) is 7.61. The van der Waals surface area contributed by atoms with Crippen molar-refractivity contribution < 1.29 is 24.2 Å². The largest absolute Gasteiger partial charge is 0.480 e. The van der Waals surface area contributed by atoms with Gasteiger partial charge in [-0.1, -0.05) is 22.0 Å². The summed E-state index contributed by atoms with van der Waals surface area (Å²) < 4.78 is 10.5. The van der Waals surface area contributed by atoms with Crippen LogP contribution < -0.4 is 14.8 Å². The van der Waals surface area contributed by atoms with Crippen molar-refractivity contribution in [2.45, 2.75) is 19.4 Å². The van der Waals surface area contributed by atoms with Gasteiger partial charge in [-0.15, -0.1) is 0 Å². The zero-order valence-electron chi connectivity index (χ0n) is 11.5. The van der Waals surface area contributed by atoms with Crippen LogP contribution in [0.5, 0.6) is 11.5 Å². The number of nitrogens with one attached hydrogen (secondary N) is 1. The van der Waals surface area contributed by atoms with Gasteiger partial charge in [-0.2, -0.15) is 0 Å². The Morgan fingerprint density at radius 1 is 1.38 bits per heavy atom. The van der Waals surface area contributed by atoms with E-state index in [1.807, 2.05) is 12.1 Å². The highest BCUT2D eigenvalue weighted by Gasteiger charge is 2.23. The molecule has 0 spiro atoms. The average Bonchev–Trinajstić information content (AvgIpc) is 2.91. The number of aliphatic carboxylic acids is 1. The highest BCUT2D eigenvalue weighted by atomic mass is 79.9. The number of amides is 1. The minimum absolute atomic E-state index is 0.206. The van der Waals surface area contributed by atoms with Crippen LogP contribution in [-0.4, -0.2) is 35.1 Å². The smallest absolute Gasteiger partial charge is 0.325 e. The molecule has 0 saturated carbocycles. The maximum Gasteiger partial charge on any atom is 0.325 e. The van der Waals surface area contributed by atoms with E-state index in [0.717, 1.165) is 5.56 Å². The van der Waals surface area contributed by atoms with Crippen molar-refractivity contribution >= 4 is 27.8 Å². The number of fused-ring (bicyclic) bond motifs is 1. The predicted molar refractivity (Wildman–Crippen MR) is 78.8 cm³/mol. The van der Waals surface area contributed by atoms with Gasteiger partial charge in [-0.25, -0.2) is 0 Å². The summed E-state index contributed by atoms with van der Waals surface area (Å²) >= 11 is 3.30. The van der Waals surface area contributed by atoms with Crippen molar-refractivity contribution in [1.29, 1.82) is 0 Å². The molecule has 114 valence electrons. The summed E-state index contributed by atoms with van der Waals surface area (Å²) in [5.74, 6) is -0.343. The molecule has 1 heterocycles. The molecular formula is C14H16BrNO5. The molecule has 0 aromatic heterocycles. The Hall–Kier alpha value is -1.76. The average molecular weight is 358 g/mol. The van der Waals surface area contributed by atoms with Crippen LogP contribution in [0.15, 0.2) is 18.2 Å². The Morgan fingerprint density at radius 2 is 2.10 bits per heavy atom. The number of carbonyl (C=O) groups excluding carboxylic acids is 1. The molecule has 2 rings (SSSR count). The number of halogens is 1. The van der Waals surface area contributed by atoms with Crippen LogP contribution >= 0.6 is 15.9 Å². The number of hydrogen-bond acceptors (Lipinski definition) is 4. The summed E-state index contributed by atoms with van der Waals surface area (Å²) in [6, 6.07) is 4.61. The third-order valence-corrected chi connectivity index (χ3v) is 3.99. The molecule has 21 heavy (non-hydrogen) atoms. The van der Waals surface area contributed by atoms with Crippen molar-refractivity contribution in [3.8, 4) is 11.5 Å². The van der Waals surface area contributed by atoms with E-state index in [4.69, 9.17) is 14.6 Å². The molecule has 2 N–H and O–H groups in total. The molecular weight excluding hydrogens is 342 g/mol. The molecule has 1 unspecified atom stereocenters. The number of carbonyl (C=O) groups is 2. The fourth-order valence-electron chi connectivity index (χ4n) is 1.96. The fourth-order valence-corrected chi connectivity index (χ4v) is 2.49. The molecule has 0 radical (unpaired) electrons.